The number of anilines is 1. The van der Waals surface area contributed by atoms with Crippen LogP contribution in [0.25, 0.3) is 17.1 Å². The maximum absolute atomic E-state index is 13.0. The highest BCUT2D eigenvalue weighted by Crippen LogP contribution is 2.26. The third-order valence-corrected chi connectivity index (χ3v) is 4.96. The molecule has 0 radical (unpaired) electrons. The molecule has 0 aliphatic rings. The summed E-state index contributed by atoms with van der Waals surface area (Å²) in [5.74, 6) is -0.152. The first-order valence-electron chi connectivity index (χ1n) is 10.3. The molecule has 168 valence electrons. The molecule has 4 aromatic rings. The van der Waals surface area contributed by atoms with Crippen LogP contribution in [-0.2, 0) is 9.53 Å². The molecular formula is C25H23N3O5. The number of hydrogen-bond donors (Lipinski definition) is 1. The summed E-state index contributed by atoms with van der Waals surface area (Å²) in [5, 5.41) is 7.26. The van der Waals surface area contributed by atoms with E-state index in [4.69, 9.17) is 13.9 Å². The second kappa shape index (κ2) is 9.44. The van der Waals surface area contributed by atoms with Crippen molar-refractivity contribution in [3.05, 3.63) is 84.3 Å². The van der Waals surface area contributed by atoms with Crippen molar-refractivity contribution in [2.75, 3.05) is 12.4 Å². The summed E-state index contributed by atoms with van der Waals surface area (Å²) in [4.78, 5) is 25.8. The summed E-state index contributed by atoms with van der Waals surface area (Å²) >= 11 is 0. The normalized spacial score (nSPS) is 11.6. The lowest BCUT2D eigenvalue weighted by atomic mass is 10.2. The highest BCUT2D eigenvalue weighted by atomic mass is 16.5. The zero-order valence-corrected chi connectivity index (χ0v) is 18.4. The first kappa shape index (κ1) is 21.9. The Hall–Kier alpha value is -4.33. The van der Waals surface area contributed by atoms with E-state index >= 15 is 0 Å². The standard InChI is InChI=1S/C25H23N3O5/c1-16-11-12-22(31-3)19(14-16)26-24(29)17(2)33-25(30)21-15-20(23-10-7-13-32-23)27-28(21)18-8-5-4-6-9-18/h4-15,17H,1-3H3,(H,26,29). The molecule has 0 fully saturated rings. The van der Waals surface area contributed by atoms with Gasteiger partial charge in [-0.05, 0) is 55.8 Å². The summed E-state index contributed by atoms with van der Waals surface area (Å²) in [6.45, 7) is 3.41. The highest BCUT2D eigenvalue weighted by molar-refractivity contribution is 5.98. The number of hydrogen-bond acceptors (Lipinski definition) is 6. The molecule has 0 aliphatic carbocycles. The molecule has 8 heteroatoms. The number of rotatable bonds is 7. The lowest BCUT2D eigenvalue weighted by Gasteiger charge is -2.16. The largest absolute Gasteiger partial charge is 0.495 e. The number of aryl methyl sites for hydroxylation is 1. The first-order chi connectivity index (χ1) is 16.0. The second-order valence-electron chi connectivity index (χ2n) is 7.38. The van der Waals surface area contributed by atoms with E-state index in [2.05, 4.69) is 10.4 Å². The number of carbonyl (C=O) groups is 2. The van der Waals surface area contributed by atoms with Crippen LogP contribution < -0.4 is 10.1 Å². The molecule has 0 aliphatic heterocycles. The Bertz CT molecular complexity index is 1260. The number of furan rings is 1. The molecule has 2 aromatic heterocycles. The molecule has 2 heterocycles. The predicted octanol–water partition coefficient (Wildman–Crippen LogP) is 4.63. The smallest absolute Gasteiger partial charge is 0.357 e. The summed E-state index contributed by atoms with van der Waals surface area (Å²) in [6.07, 6.45) is 0.467. The molecule has 0 saturated carbocycles. The van der Waals surface area contributed by atoms with Crippen LogP contribution in [0, 0.1) is 6.92 Å². The lowest BCUT2D eigenvalue weighted by molar-refractivity contribution is -0.123. The molecule has 2 aromatic carbocycles. The van der Waals surface area contributed by atoms with E-state index in [1.807, 2.05) is 43.3 Å². The molecule has 0 saturated heterocycles. The SMILES string of the molecule is COc1ccc(C)cc1NC(=O)C(C)OC(=O)c1cc(-c2ccco2)nn1-c1ccccc1. The number of nitrogens with one attached hydrogen (secondary N) is 1. The van der Waals surface area contributed by atoms with Gasteiger partial charge in [0, 0.05) is 6.07 Å². The highest BCUT2D eigenvalue weighted by Gasteiger charge is 2.25. The van der Waals surface area contributed by atoms with Crippen LogP contribution in [0.15, 0.2) is 77.4 Å². The van der Waals surface area contributed by atoms with Gasteiger partial charge in [0.25, 0.3) is 5.91 Å². The number of benzene rings is 2. The van der Waals surface area contributed by atoms with Crippen LogP contribution in [0.3, 0.4) is 0 Å². The van der Waals surface area contributed by atoms with E-state index in [1.54, 1.807) is 30.3 Å². The molecule has 33 heavy (non-hydrogen) atoms. The fourth-order valence-corrected chi connectivity index (χ4v) is 3.27. The summed E-state index contributed by atoms with van der Waals surface area (Å²) < 4.78 is 17.7. The van der Waals surface area contributed by atoms with Crippen LogP contribution in [0.4, 0.5) is 5.69 Å². The molecule has 1 amide bonds. The fourth-order valence-electron chi connectivity index (χ4n) is 3.27. The number of aromatic nitrogens is 2. The van der Waals surface area contributed by atoms with Crippen LogP contribution in [0.5, 0.6) is 5.75 Å². The zero-order valence-electron chi connectivity index (χ0n) is 18.4. The Morgan fingerprint density at radius 1 is 1.06 bits per heavy atom. The quantitative estimate of drug-likeness (QED) is 0.417. The predicted molar refractivity (Wildman–Crippen MR) is 123 cm³/mol. The third-order valence-electron chi connectivity index (χ3n) is 4.96. The minimum atomic E-state index is -1.06. The Morgan fingerprint density at radius 3 is 2.55 bits per heavy atom. The topological polar surface area (TPSA) is 95.6 Å². The van der Waals surface area contributed by atoms with Gasteiger partial charge in [0.2, 0.25) is 0 Å². The van der Waals surface area contributed by atoms with Crippen molar-refractivity contribution in [2.45, 2.75) is 20.0 Å². The van der Waals surface area contributed by atoms with Crippen LogP contribution >= 0.6 is 0 Å². The van der Waals surface area contributed by atoms with E-state index in [9.17, 15) is 9.59 Å². The van der Waals surface area contributed by atoms with E-state index in [1.165, 1.54) is 25.0 Å². The Morgan fingerprint density at radius 2 is 1.85 bits per heavy atom. The Balaban J connectivity index is 1.56. The number of nitrogens with zero attached hydrogens (tertiary/aromatic N) is 2. The third kappa shape index (κ3) is 4.79. The van der Waals surface area contributed by atoms with Crippen LogP contribution in [0.1, 0.15) is 23.0 Å². The van der Waals surface area contributed by atoms with Gasteiger partial charge in [-0.15, -0.1) is 0 Å². The number of amides is 1. The molecule has 1 N–H and O–H groups in total. The summed E-state index contributed by atoms with van der Waals surface area (Å²) in [6, 6.07) is 19.6. The minimum Gasteiger partial charge on any atom is -0.495 e. The molecular weight excluding hydrogens is 422 g/mol. The van der Waals surface area contributed by atoms with E-state index in [0.717, 1.165) is 5.56 Å². The maximum atomic E-state index is 13.0. The van der Waals surface area contributed by atoms with Crippen molar-refractivity contribution in [3.8, 4) is 22.9 Å². The summed E-state index contributed by atoms with van der Waals surface area (Å²) in [7, 11) is 1.52. The van der Waals surface area contributed by atoms with E-state index < -0.39 is 18.0 Å². The van der Waals surface area contributed by atoms with Crippen molar-refractivity contribution < 1.29 is 23.5 Å². The molecule has 8 nitrogen and oxygen atoms in total. The van der Waals surface area contributed by atoms with Crippen LogP contribution in [-0.4, -0.2) is 34.9 Å². The lowest BCUT2D eigenvalue weighted by Crippen LogP contribution is -2.30. The maximum Gasteiger partial charge on any atom is 0.357 e. The second-order valence-corrected chi connectivity index (χ2v) is 7.38. The van der Waals surface area contributed by atoms with Crippen molar-refractivity contribution in [1.82, 2.24) is 9.78 Å². The number of ether oxygens (including phenoxy) is 2. The molecule has 0 bridgehead atoms. The van der Waals surface area contributed by atoms with Gasteiger partial charge in [-0.3, -0.25) is 4.79 Å². The van der Waals surface area contributed by atoms with Gasteiger partial charge in [0.05, 0.1) is 24.7 Å². The molecule has 0 spiro atoms. The number of esters is 1. The Labute approximate surface area is 190 Å². The van der Waals surface area contributed by atoms with Gasteiger partial charge >= 0.3 is 5.97 Å². The van der Waals surface area contributed by atoms with Crippen molar-refractivity contribution in [3.63, 3.8) is 0 Å². The average Bonchev–Trinajstić information content (AvgIpc) is 3.50. The first-order valence-corrected chi connectivity index (χ1v) is 10.3. The van der Waals surface area contributed by atoms with Gasteiger partial charge in [0.15, 0.2) is 17.6 Å². The van der Waals surface area contributed by atoms with Crippen molar-refractivity contribution in [2.24, 2.45) is 0 Å². The van der Waals surface area contributed by atoms with Crippen LogP contribution in [0.2, 0.25) is 0 Å². The average molecular weight is 445 g/mol. The molecule has 1 unspecified atom stereocenters. The summed E-state index contributed by atoms with van der Waals surface area (Å²) in [5.41, 5.74) is 2.76. The number of carbonyl (C=O) groups excluding carboxylic acids is 2. The number of methoxy groups -OCH3 is 1. The van der Waals surface area contributed by atoms with E-state index in [0.29, 0.717) is 28.6 Å². The minimum absolute atomic E-state index is 0.167. The van der Waals surface area contributed by atoms with Gasteiger partial charge in [-0.1, -0.05) is 24.3 Å². The number of para-hydroxylation sites is 1. The molecule has 4 rings (SSSR count). The van der Waals surface area contributed by atoms with Gasteiger partial charge in [0.1, 0.15) is 11.4 Å². The Kier molecular flexibility index (Phi) is 6.26. The molecule has 1 atom stereocenters. The van der Waals surface area contributed by atoms with Gasteiger partial charge < -0.3 is 19.2 Å². The monoisotopic (exact) mass is 445 g/mol. The van der Waals surface area contributed by atoms with Gasteiger partial charge in [-0.2, -0.15) is 5.10 Å². The van der Waals surface area contributed by atoms with E-state index in [-0.39, 0.29) is 5.69 Å². The van der Waals surface area contributed by atoms with Crippen molar-refractivity contribution in [1.29, 1.82) is 0 Å². The van der Waals surface area contributed by atoms with Crippen molar-refractivity contribution >= 4 is 17.6 Å². The fraction of sp³-hybridized carbons (Fsp3) is 0.160. The zero-order chi connectivity index (χ0) is 23.4. The van der Waals surface area contributed by atoms with Gasteiger partial charge in [-0.25, -0.2) is 9.48 Å².